The minimum absolute atomic E-state index is 0. The molecule has 0 amide bonds. The highest BCUT2D eigenvalue weighted by Gasteiger charge is 2.40. The highest BCUT2D eigenvalue weighted by atomic mass is 35.5. The van der Waals surface area contributed by atoms with Crippen LogP contribution in [-0.4, -0.2) is 68.7 Å². The molecule has 1 saturated heterocycles. The van der Waals surface area contributed by atoms with E-state index in [9.17, 15) is 9.50 Å². The molecule has 0 bridgehead atoms. The Hall–Kier alpha value is -1.57. The summed E-state index contributed by atoms with van der Waals surface area (Å²) in [6, 6.07) is 14.8. The Bertz CT molecular complexity index is 831. The molecule has 0 aromatic heterocycles. The summed E-state index contributed by atoms with van der Waals surface area (Å²) in [6.45, 7) is 6.06. The molecule has 1 atom stereocenters. The lowest BCUT2D eigenvalue weighted by atomic mass is 9.85. The quantitative estimate of drug-likeness (QED) is 0.373. The molecule has 1 unspecified atom stereocenters. The van der Waals surface area contributed by atoms with Gasteiger partial charge in [-0.1, -0.05) is 25.5 Å². The molecule has 1 aliphatic heterocycles. The van der Waals surface area contributed by atoms with Gasteiger partial charge in [-0.2, -0.15) is 0 Å². The standard InChI is InChI=1S/C27H39FN2O3.2ClH/c1-4-5-20-33-25-12-10-24(11-13-25)29(2)21-26(32-3)27(31)15-18-30(19-16-27)17-14-22-6-8-23(28)9-7-22;;/h6-13,26,31H,4-5,14-21H2,1-3H3;2*1H. The largest absolute Gasteiger partial charge is 0.494 e. The van der Waals surface area contributed by atoms with Gasteiger partial charge in [0.05, 0.1) is 12.2 Å². The zero-order valence-electron chi connectivity index (χ0n) is 21.1. The Morgan fingerprint density at radius 3 is 2.26 bits per heavy atom. The maximum atomic E-state index is 13.1. The van der Waals surface area contributed by atoms with Gasteiger partial charge in [0, 0.05) is 46.0 Å². The predicted molar refractivity (Wildman–Crippen MR) is 146 cm³/mol. The van der Waals surface area contributed by atoms with E-state index in [2.05, 4.69) is 28.9 Å². The highest BCUT2D eigenvalue weighted by Crippen LogP contribution is 2.29. The molecule has 2 aromatic carbocycles. The van der Waals surface area contributed by atoms with Crippen LogP contribution in [-0.2, 0) is 11.2 Å². The number of rotatable bonds is 12. The summed E-state index contributed by atoms with van der Waals surface area (Å²) in [4.78, 5) is 4.49. The van der Waals surface area contributed by atoms with E-state index in [1.54, 1.807) is 7.11 Å². The molecule has 2 aromatic rings. The third-order valence-corrected chi connectivity index (χ3v) is 6.72. The topological polar surface area (TPSA) is 45.2 Å². The Kier molecular flexibility index (Phi) is 14.0. The fourth-order valence-corrected chi connectivity index (χ4v) is 4.37. The average molecular weight is 532 g/mol. The Balaban J connectivity index is 0.00000306. The lowest BCUT2D eigenvalue weighted by Crippen LogP contribution is -2.55. The summed E-state index contributed by atoms with van der Waals surface area (Å²) in [5, 5.41) is 11.4. The molecule has 1 heterocycles. The first-order valence-electron chi connectivity index (χ1n) is 12.1. The number of likely N-dealkylation sites (tertiary alicyclic amines) is 1. The first-order valence-corrected chi connectivity index (χ1v) is 12.1. The molecule has 1 fully saturated rings. The van der Waals surface area contributed by atoms with E-state index >= 15 is 0 Å². The van der Waals surface area contributed by atoms with Crippen molar-refractivity contribution in [1.29, 1.82) is 0 Å². The summed E-state index contributed by atoms with van der Waals surface area (Å²) in [7, 11) is 3.71. The Labute approximate surface area is 222 Å². The van der Waals surface area contributed by atoms with Crippen LogP contribution in [0.2, 0.25) is 0 Å². The number of anilines is 1. The number of methoxy groups -OCH3 is 1. The van der Waals surface area contributed by atoms with Gasteiger partial charge >= 0.3 is 0 Å². The monoisotopic (exact) mass is 530 g/mol. The molecule has 5 nitrogen and oxygen atoms in total. The third-order valence-electron chi connectivity index (χ3n) is 6.72. The van der Waals surface area contributed by atoms with E-state index in [0.29, 0.717) is 19.4 Å². The number of hydrogen-bond acceptors (Lipinski definition) is 5. The van der Waals surface area contributed by atoms with E-state index in [1.807, 2.05) is 31.3 Å². The zero-order valence-corrected chi connectivity index (χ0v) is 22.8. The second-order valence-electron chi connectivity index (χ2n) is 9.12. The van der Waals surface area contributed by atoms with E-state index in [1.165, 1.54) is 12.1 Å². The van der Waals surface area contributed by atoms with Crippen molar-refractivity contribution in [2.24, 2.45) is 0 Å². The number of unbranched alkanes of at least 4 members (excludes halogenated alkanes) is 1. The van der Waals surface area contributed by atoms with Gasteiger partial charge in [0.15, 0.2) is 0 Å². The average Bonchev–Trinajstić information content (AvgIpc) is 2.83. The summed E-state index contributed by atoms with van der Waals surface area (Å²) in [6.07, 6.45) is 4.13. The van der Waals surface area contributed by atoms with Gasteiger partial charge in [-0.3, -0.25) is 0 Å². The number of ether oxygens (including phenoxy) is 2. The lowest BCUT2D eigenvalue weighted by molar-refractivity contribution is -0.118. The summed E-state index contributed by atoms with van der Waals surface area (Å²) >= 11 is 0. The Morgan fingerprint density at radius 1 is 1.06 bits per heavy atom. The fraction of sp³-hybridized carbons (Fsp3) is 0.556. The first kappa shape index (κ1) is 31.5. The van der Waals surface area contributed by atoms with E-state index in [4.69, 9.17) is 9.47 Å². The molecular formula is C27H41Cl2FN2O3. The van der Waals surface area contributed by atoms with Crippen molar-refractivity contribution >= 4 is 30.5 Å². The van der Waals surface area contributed by atoms with Crippen molar-refractivity contribution in [3.05, 3.63) is 59.9 Å². The molecule has 3 rings (SSSR count). The maximum absolute atomic E-state index is 13.1. The van der Waals surface area contributed by atoms with Crippen LogP contribution in [0.4, 0.5) is 10.1 Å². The third kappa shape index (κ3) is 9.43. The van der Waals surface area contributed by atoms with Crippen molar-refractivity contribution in [2.45, 2.75) is 50.7 Å². The highest BCUT2D eigenvalue weighted by molar-refractivity contribution is 5.85. The number of benzene rings is 2. The van der Waals surface area contributed by atoms with E-state index < -0.39 is 5.60 Å². The van der Waals surface area contributed by atoms with Gasteiger partial charge < -0.3 is 24.4 Å². The van der Waals surface area contributed by atoms with Gasteiger partial charge in [0.2, 0.25) is 0 Å². The number of likely N-dealkylation sites (N-methyl/N-ethyl adjacent to an activating group) is 1. The molecule has 0 radical (unpaired) electrons. The van der Waals surface area contributed by atoms with Crippen LogP contribution in [0, 0.1) is 5.82 Å². The number of piperidine rings is 1. The van der Waals surface area contributed by atoms with Crippen LogP contribution in [0.1, 0.15) is 38.2 Å². The summed E-state index contributed by atoms with van der Waals surface area (Å²) in [5.41, 5.74) is 1.36. The van der Waals surface area contributed by atoms with Gasteiger partial charge in [0.1, 0.15) is 17.7 Å². The molecule has 1 N–H and O–H groups in total. The number of nitrogens with zero attached hydrogens (tertiary/aromatic N) is 2. The molecular weight excluding hydrogens is 490 g/mol. The minimum atomic E-state index is -0.849. The molecule has 1 aliphatic rings. The second kappa shape index (κ2) is 15.5. The van der Waals surface area contributed by atoms with Gasteiger partial charge in [-0.25, -0.2) is 4.39 Å². The normalized spacial score (nSPS) is 16.0. The number of aliphatic hydroxyl groups is 1. The molecule has 0 aliphatic carbocycles. The Morgan fingerprint density at radius 2 is 1.69 bits per heavy atom. The van der Waals surface area contributed by atoms with Crippen LogP contribution in [0.5, 0.6) is 5.75 Å². The predicted octanol–water partition coefficient (Wildman–Crippen LogP) is 5.37. The van der Waals surface area contributed by atoms with Crippen LogP contribution >= 0.6 is 24.8 Å². The maximum Gasteiger partial charge on any atom is 0.123 e. The van der Waals surface area contributed by atoms with Gasteiger partial charge in [-0.15, -0.1) is 24.8 Å². The van der Waals surface area contributed by atoms with Gasteiger partial charge in [0.25, 0.3) is 0 Å². The number of hydrogen-bond donors (Lipinski definition) is 1. The first-order chi connectivity index (χ1) is 15.9. The van der Waals surface area contributed by atoms with E-state index in [-0.39, 0.29) is 36.7 Å². The van der Waals surface area contributed by atoms with Gasteiger partial charge in [-0.05, 0) is 67.6 Å². The summed E-state index contributed by atoms with van der Waals surface area (Å²) < 4.78 is 24.6. The molecule has 198 valence electrons. The minimum Gasteiger partial charge on any atom is -0.494 e. The zero-order chi connectivity index (χ0) is 23.7. The van der Waals surface area contributed by atoms with Crippen LogP contribution in [0.25, 0.3) is 0 Å². The molecule has 0 saturated carbocycles. The van der Waals surface area contributed by atoms with Crippen molar-refractivity contribution in [1.82, 2.24) is 4.90 Å². The fourth-order valence-electron chi connectivity index (χ4n) is 4.37. The lowest BCUT2D eigenvalue weighted by Gasteiger charge is -2.43. The van der Waals surface area contributed by atoms with Crippen molar-refractivity contribution in [2.75, 3.05) is 51.8 Å². The second-order valence-corrected chi connectivity index (χ2v) is 9.12. The summed E-state index contributed by atoms with van der Waals surface area (Å²) in [5.74, 6) is 0.684. The van der Waals surface area contributed by atoms with Crippen molar-refractivity contribution in [3.63, 3.8) is 0 Å². The van der Waals surface area contributed by atoms with Crippen LogP contribution in [0.3, 0.4) is 0 Å². The SMILES string of the molecule is CCCCOc1ccc(N(C)CC(OC)C2(O)CCN(CCc3ccc(F)cc3)CC2)cc1.Cl.Cl. The number of halogens is 3. The van der Waals surface area contributed by atoms with Crippen LogP contribution in [0.15, 0.2) is 48.5 Å². The smallest absolute Gasteiger partial charge is 0.123 e. The molecule has 8 heteroatoms. The van der Waals surface area contributed by atoms with E-state index in [0.717, 1.165) is 62.5 Å². The van der Waals surface area contributed by atoms with Crippen LogP contribution < -0.4 is 9.64 Å². The van der Waals surface area contributed by atoms with Crippen molar-refractivity contribution < 1.29 is 19.0 Å². The molecule has 0 spiro atoms. The van der Waals surface area contributed by atoms with Crippen molar-refractivity contribution in [3.8, 4) is 5.75 Å². The molecule has 35 heavy (non-hydrogen) atoms.